The minimum absolute atomic E-state index is 0.619. The van der Waals surface area contributed by atoms with Gasteiger partial charge in [0.15, 0.2) is 0 Å². The van der Waals surface area contributed by atoms with Gasteiger partial charge in [-0.15, -0.1) is 0 Å². The second kappa shape index (κ2) is 6.39. The Bertz CT molecular complexity index is 638. The molecule has 1 aliphatic carbocycles. The summed E-state index contributed by atoms with van der Waals surface area (Å²) in [6, 6.07) is 9.92. The number of oxime groups is 1. The van der Waals surface area contributed by atoms with Crippen molar-refractivity contribution in [1.29, 1.82) is 0 Å². The molecule has 0 aliphatic heterocycles. The molecule has 0 radical (unpaired) electrons. The van der Waals surface area contributed by atoms with E-state index in [0.29, 0.717) is 6.61 Å². The van der Waals surface area contributed by atoms with Crippen LogP contribution in [0.2, 0.25) is 0 Å². The number of hydrogen-bond donors (Lipinski definition) is 1. The van der Waals surface area contributed by atoms with E-state index >= 15 is 0 Å². The lowest BCUT2D eigenvalue weighted by Crippen LogP contribution is -2.14. The number of aromatic nitrogens is 1. The molecule has 0 bridgehead atoms. The molecule has 4 nitrogen and oxygen atoms in total. The average molecular weight is 282 g/mol. The van der Waals surface area contributed by atoms with Crippen LogP contribution in [0.25, 0.3) is 0 Å². The maximum Gasteiger partial charge on any atom is 0.123 e. The highest BCUT2D eigenvalue weighted by atomic mass is 16.5. The monoisotopic (exact) mass is 282 g/mol. The van der Waals surface area contributed by atoms with Crippen molar-refractivity contribution < 1.29 is 9.94 Å². The fraction of sp³-hybridized carbons (Fsp3) is 0.294. The van der Waals surface area contributed by atoms with Crippen LogP contribution in [0, 0.1) is 0 Å². The topological polar surface area (TPSA) is 54.7 Å². The molecule has 3 rings (SSSR count). The third kappa shape index (κ3) is 3.05. The maximum atomic E-state index is 9.09. The molecule has 4 heteroatoms. The Morgan fingerprint density at radius 1 is 1.19 bits per heavy atom. The van der Waals surface area contributed by atoms with Crippen molar-refractivity contribution in [3.63, 3.8) is 0 Å². The summed E-state index contributed by atoms with van der Waals surface area (Å²) in [5, 5.41) is 12.5. The molecule has 1 heterocycles. The molecule has 108 valence electrons. The fourth-order valence-corrected chi connectivity index (χ4v) is 2.73. The van der Waals surface area contributed by atoms with Gasteiger partial charge >= 0.3 is 0 Å². The highest BCUT2D eigenvalue weighted by Gasteiger charge is 2.19. The van der Waals surface area contributed by atoms with Gasteiger partial charge in [0.1, 0.15) is 5.75 Å². The van der Waals surface area contributed by atoms with E-state index in [1.165, 1.54) is 5.56 Å². The number of fused-ring (bicyclic) bond motifs is 1. The molecule has 0 saturated heterocycles. The van der Waals surface area contributed by atoms with E-state index in [0.717, 1.165) is 48.3 Å². The van der Waals surface area contributed by atoms with Crippen LogP contribution in [0.1, 0.15) is 29.5 Å². The summed E-state index contributed by atoms with van der Waals surface area (Å²) in [7, 11) is 0. The molecule has 0 saturated carbocycles. The molecule has 2 aromatic rings. The molecule has 0 unspecified atom stereocenters. The van der Waals surface area contributed by atoms with Gasteiger partial charge in [0, 0.05) is 29.9 Å². The smallest absolute Gasteiger partial charge is 0.123 e. The molecular weight excluding hydrogens is 264 g/mol. The molecule has 0 amide bonds. The van der Waals surface area contributed by atoms with Crippen LogP contribution in [-0.4, -0.2) is 22.5 Å². The number of rotatable bonds is 4. The van der Waals surface area contributed by atoms with E-state index < -0.39 is 0 Å². The van der Waals surface area contributed by atoms with E-state index in [1.54, 1.807) is 6.20 Å². The largest absolute Gasteiger partial charge is 0.493 e. The SMILES string of the molecule is ON=C1CCCc2c(OCCc3cccnc3)cccc21. The minimum atomic E-state index is 0.619. The molecule has 1 aliphatic rings. The lowest BCUT2D eigenvalue weighted by molar-refractivity contribution is 0.314. The molecule has 21 heavy (non-hydrogen) atoms. The summed E-state index contributed by atoms with van der Waals surface area (Å²) in [5.74, 6) is 0.900. The van der Waals surface area contributed by atoms with Crippen molar-refractivity contribution in [3.05, 3.63) is 59.4 Å². The summed E-state index contributed by atoms with van der Waals surface area (Å²) in [4.78, 5) is 4.10. The second-order valence-electron chi connectivity index (χ2n) is 5.14. The summed E-state index contributed by atoms with van der Waals surface area (Å²) < 4.78 is 5.94. The van der Waals surface area contributed by atoms with Gasteiger partial charge in [-0.05, 0) is 37.0 Å². The van der Waals surface area contributed by atoms with E-state index in [9.17, 15) is 0 Å². The van der Waals surface area contributed by atoms with Gasteiger partial charge in [0.2, 0.25) is 0 Å². The Morgan fingerprint density at radius 2 is 2.14 bits per heavy atom. The number of pyridine rings is 1. The zero-order valence-corrected chi connectivity index (χ0v) is 11.8. The van der Waals surface area contributed by atoms with Crippen molar-refractivity contribution >= 4 is 5.71 Å². The first-order valence-corrected chi connectivity index (χ1v) is 7.23. The van der Waals surface area contributed by atoms with Crippen molar-refractivity contribution in [2.75, 3.05) is 6.61 Å². The summed E-state index contributed by atoms with van der Waals surface area (Å²) in [5.41, 5.74) is 4.10. The van der Waals surface area contributed by atoms with Crippen LogP contribution in [0.5, 0.6) is 5.75 Å². The van der Waals surface area contributed by atoms with Crippen molar-refractivity contribution in [1.82, 2.24) is 4.98 Å². The van der Waals surface area contributed by atoms with Gasteiger partial charge in [-0.3, -0.25) is 4.98 Å². The zero-order chi connectivity index (χ0) is 14.5. The fourth-order valence-electron chi connectivity index (χ4n) is 2.73. The van der Waals surface area contributed by atoms with Crippen LogP contribution in [0.15, 0.2) is 47.9 Å². The van der Waals surface area contributed by atoms with Gasteiger partial charge in [0.05, 0.1) is 12.3 Å². The Morgan fingerprint density at radius 3 is 2.95 bits per heavy atom. The molecule has 0 fully saturated rings. The predicted octanol–water partition coefficient (Wildman–Crippen LogP) is 3.22. The Kier molecular flexibility index (Phi) is 4.15. The molecule has 1 aromatic carbocycles. The van der Waals surface area contributed by atoms with E-state index in [1.807, 2.05) is 36.5 Å². The van der Waals surface area contributed by atoms with Crippen molar-refractivity contribution in [3.8, 4) is 5.75 Å². The first kappa shape index (κ1) is 13.6. The summed E-state index contributed by atoms with van der Waals surface area (Å²) >= 11 is 0. The average Bonchev–Trinajstić information content (AvgIpc) is 2.55. The molecule has 0 spiro atoms. The first-order valence-electron chi connectivity index (χ1n) is 7.23. The van der Waals surface area contributed by atoms with Gasteiger partial charge in [-0.25, -0.2) is 0 Å². The van der Waals surface area contributed by atoms with E-state index in [4.69, 9.17) is 9.94 Å². The third-order valence-corrected chi connectivity index (χ3v) is 3.78. The van der Waals surface area contributed by atoms with Crippen LogP contribution < -0.4 is 4.74 Å². The lowest BCUT2D eigenvalue weighted by atomic mass is 9.89. The van der Waals surface area contributed by atoms with Gasteiger partial charge in [0.25, 0.3) is 0 Å². The van der Waals surface area contributed by atoms with Gasteiger partial charge in [-0.2, -0.15) is 0 Å². The number of ether oxygens (including phenoxy) is 1. The number of nitrogens with zero attached hydrogens (tertiary/aromatic N) is 2. The standard InChI is InChI=1S/C17H18N2O2/c20-19-16-7-1-6-15-14(16)5-2-8-17(15)21-11-9-13-4-3-10-18-12-13/h2-5,8,10,12,20H,1,6-7,9,11H2. The number of hydrogen-bond acceptors (Lipinski definition) is 4. The Hall–Kier alpha value is -2.36. The normalized spacial score (nSPS) is 15.7. The summed E-state index contributed by atoms with van der Waals surface area (Å²) in [6.45, 7) is 0.619. The van der Waals surface area contributed by atoms with Crippen LogP contribution in [0.3, 0.4) is 0 Å². The Balaban J connectivity index is 1.72. The molecule has 0 atom stereocenters. The lowest BCUT2D eigenvalue weighted by Gasteiger charge is -2.20. The highest BCUT2D eigenvalue weighted by molar-refractivity contribution is 6.02. The highest BCUT2D eigenvalue weighted by Crippen LogP contribution is 2.30. The summed E-state index contributed by atoms with van der Waals surface area (Å²) in [6.07, 6.45) is 7.25. The van der Waals surface area contributed by atoms with Crippen LogP contribution >= 0.6 is 0 Å². The van der Waals surface area contributed by atoms with E-state index in [2.05, 4.69) is 10.1 Å². The molecule has 1 aromatic heterocycles. The molecular formula is C17H18N2O2. The van der Waals surface area contributed by atoms with Crippen molar-refractivity contribution in [2.45, 2.75) is 25.7 Å². The van der Waals surface area contributed by atoms with Gasteiger partial charge < -0.3 is 9.94 Å². The maximum absolute atomic E-state index is 9.09. The predicted molar refractivity (Wildman–Crippen MR) is 81.1 cm³/mol. The third-order valence-electron chi connectivity index (χ3n) is 3.78. The minimum Gasteiger partial charge on any atom is -0.493 e. The quantitative estimate of drug-likeness (QED) is 0.692. The van der Waals surface area contributed by atoms with Gasteiger partial charge in [-0.1, -0.05) is 23.4 Å². The first-order chi connectivity index (χ1) is 10.4. The van der Waals surface area contributed by atoms with Crippen molar-refractivity contribution in [2.24, 2.45) is 5.16 Å². The van der Waals surface area contributed by atoms with Crippen LogP contribution in [-0.2, 0) is 12.8 Å². The number of benzene rings is 1. The van der Waals surface area contributed by atoms with Crippen LogP contribution in [0.4, 0.5) is 0 Å². The molecule has 1 N–H and O–H groups in total. The second-order valence-corrected chi connectivity index (χ2v) is 5.14. The zero-order valence-electron chi connectivity index (χ0n) is 11.8. The Labute approximate surface area is 124 Å². The van der Waals surface area contributed by atoms with E-state index in [-0.39, 0.29) is 0 Å².